The highest BCUT2D eigenvalue weighted by molar-refractivity contribution is 7.99. The third-order valence-corrected chi connectivity index (χ3v) is 5.01. The number of pyridine rings is 1. The SMILES string of the molecule is CCCNc1cc(C(=O)NC2CCCC2SC)cc(C)n1. The van der Waals surface area contributed by atoms with Crippen LogP contribution in [0.3, 0.4) is 0 Å². The fraction of sp³-hybridized carbons (Fsp3) is 0.625. The van der Waals surface area contributed by atoms with Gasteiger partial charge in [0.05, 0.1) is 0 Å². The number of amides is 1. The van der Waals surface area contributed by atoms with Gasteiger partial charge in [-0.25, -0.2) is 4.98 Å². The number of nitrogens with one attached hydrogen (secondary N) is 2. The van der Waals surface area contributed by atoms with Gasteiger partial charge in [-0.1, -0.05) is 13.3 Å². The topological polar surface area (TPSA) is 54.0 Å². The molecule has 0 aliphatic heterocycles. The fourth-order valence-corrected chi connectivity index (χ4v) is 3.70. The maximum atomic E-state index is 12.5. The smallest absolute Gasteiger partial charge is 0.251 e. The van der Waals surface area contributed by atoms with Gasteiger partial charge >= 0.3 is 0 Å². The Hall–Kier alpha value is -1.23. The molecule has 1 aromatic heterocycles. The van der Waals surface area contributed by atoms with Gasteiger partial charge in [-0.15, -0.1) is 0 Å². The molecule has 1 saturated carbocycles. The Morgan fingerprint density at radius 3 is 2.95 bits per heavy atom. The molecule has 0 bridgehead atoms. The summed E-state index contributed by atoms with van der Waals surface area (Å²) in [6, 6.07) is 4.00. The van der Waals surface area contributed by atoms with Crippen LogP contribution in [0.5, 0.6) is 0 Å². The Kier molecular flexibility index (Phi) is 5.91. The van der Waals surface area contributed by atoms with E-state index in [-0.39, 0.29) is 5.91 Å². The second-order valence-electron chi connectivity index (χ2n) is 5.59. The first-order chi connectivity index (χ1) is 10.1. The number of rotatable bonds is 6. The molecule has 1 aromatic rings. The summed E-state index contributed by atoms with van der Waals surface area (Å²) < 4.78 is 0. The van der Waals surface area contributed by atoms with Crippen LogP contribution in [-0.4, -0.2) is 35.0 Å². The number of thioether (sulfide) groups is 1. The first-order valence-corrected chi connectivity index (χ1v) is 8.99. The molecule has 1 aliphatic carbocycles. The Labute approximate surface area is 131 Å². The number of anilines is 1. The molecule has 0 radical (unpaired) electrons. The van der Waals surface area contributed by atoms with Gasteiger partial charge in [0.25, 0.3) is 5.91 Å². The van der Waals surface area contributed by atoms with Crippen molar-refractivity contribution in [2.24, 2.45) is 0 Å². The molecule has 2 N–H and O–H groups in total. The monoisotopic (exact) mass is 307 g/mol. The summed E-state index contributed by atoms with van der Waals surface area (Å²) in [4.78, 5) is 16.9. The van der Waals surface area contributed by atoms with Crippen LogP contribution in [0, 0.1) is 6.92 Å². The predicted octanol–water partition coefficient (Wildman–Crippen LogP) is 3.23. The first kappa shape index (κ1) is 16.1. The maximum absolute atomic E-state index is 12.5. The van der Waals surface area contributed by atoms with Gasteiger partial charge in [0.1, 0.15) is 5.82 Å². The van der Waals surface area contributed by atoms with Crippen LogP contribution in [0.1, 0.15) is 48.7 Å². The minimum Gasteiger partial charge on any atom is -0.370 e. The van der Waals surface area contributed by atoms with E-state index in [1.54, 1.807) is 0 Å². The number of aryl methyl sites for hydroxylation is 1. The summed E-state index contributed by atoms with van der Waals surface area (Å²) in [6.07, 6.45) is 6.65. The van der Waals surface area contributed by atoms with E-state index >= 15 is 0 Å². The zero-order chi connectivity index (χ0) is 15.2. The largest absolute Gasteiger partial charge is 0.370 e. The van der Waals surface area contributed by atoms with E-state index in [0.717, 1.165) is 30.9 Å². The van der Waals surface area contributed by atoms with Gasteiger partial charge in [0, 0.05) is 29.1 Å². The highest BCUT2D eigenvalue weighted by Gasteiger charge is 2.28. The maximum Gasteiger partial charge on any atom is 0.251 e. The van der Waals surface area contributed by atoms with Crippen molar-refractivity contribution in [1.29, 1.82) is 0 Å². The van der Waals surface area contributed by atoms with Crippen LogP contribution in [0.2, 0.25) is 0 Å². The molecule has 1 amide bonds. The van der Waals surface area contributed by atoms with Crippen molar-refractivity contribution in [3.8, 4) is 0 Å². The molecule has 5 heteroatoms. The van der Waals surface area contributed by atoms with Gasteiger partial charge in [-0.3, -0.25) is 4.79 Å². The van der Waals surface area contributed by atoms with Crippen LogP contribution in [0.25, 0.3) is 0 Å². The first-order valence-electron chi connectivity index (χ1n) is 7.70. The molecule has 2 rings (SSSR count). The lowest BCUT2D eigenvalue weighted by molar-refractivity contribution is 0.0938. The Morgan fingerprint density at radius 2 is 2.24 bits per heavy atom. The molecule has 2 unspecified atom stereocenters. The lowest BCUT2D eigenvalue weighted by Gasteiger charge is -2.19. The van der Waals surface area contributed by atoms with Gasteiger partial charge in [-0.2, -0.15) is 11.8 Å². The Morgan fingerprint density at radius 1 is 1.43 bits per heavy atom. The molecule has 1 fully saturated rings. The molecule has 4 nitrogen and oxygen atoms in total. The minimum atomic E-state index is 0.0194. The van der Waals surface area contributed by atoms with Gasteiger partial charge in [0.15, 0.2) is 0 Å². The lowest BCUT2D eigenvalue weighted by Crippen LogP contribution is -2.38. The predicted molar refractivity (Wildman–Crippen MR) is 90.2 cm³/mol. The van der Waals surface area contributed by atoms with Gasteiger partial charge < -0.3 is 10.6 Å². The van der Waals surface area contributed by atoms with Crippen molar-refractivity contribution in [3.63, 3.8) is 0 Å². The molecule has 1 heterocycles. The summed E-state index contributed by atoms with van der Waals surface area (Å²) >= 11 is 1.86. The highest BCUT2D eigenvalue weighted by Crippen LogP contribution is 2.28. The van der Waals surface area contributed by atoms with Crippen LogP contribution in [0.4, 0.5) is 5.82 Å². The molecular weight excluding hydrogens is 282 g/mol. The van der Waals surface area contributed by atoms with E-state index in [1.807, 2.05) is 30.8 Å². The number of hydrogen-bond acceptors (Lipinski definition) is 4. The second kappa shape index (κ2) is 7.69. The third-order valence-electron chi connectivity index (χ3n) is 3.84. The number of carbonyl (C=O) groups is 1. The molecular formula is C16H25N3OS. The molecule has 2 atom stereocenters. The zero-order valence-corrected chi connectivity index (χ0v) is 13.9. The van der Waals surface area contributed by atoms with Gasteiger partial charge in [-0.05, 0) is 44.6 Å². The van der Waals surface area contributed by atoms with E-state index in [2.05, 4.69) is 28.8 Å². The van der Waals surface area contributed by atoms with Crippen molar-refractivity contribution >= 4 is 23.5 Å². The number of aromatic nitrogens is 1. The fourth-order valence-electron chi connectivity index (χ4n) is 2.77. The van der Waals surface area contributed by atoms with E-state index in [0.29, 0.717) is 16.9 Å². The number of carbonyl (C=O) groups excluding carboxylic acids is 1. The quantitative estimate of drug-likeness (QED) is 0.847. The molecule has 21 heavy (non-hydrogen) atoms. The van der Waals surface area contributed by atoms with Crippen molar-refractivity contribution in [1.82, 2.24) is 10.3 Å². The van der Waals surface area contributed by atoms with Crippen molar-refractivity contribution in [2.75, 3.05) is 18.1 Å². The van der Waals surface area contributed by atoms with E-state index in [1.165, 1.54) is 12.8 Å². The second-order valence-corrected chi connectivity index (χ2v) is 6.67. The summed E-state index contributed by atoms with van der Waals surface area (Å²) in [6.45, 7) is 4.90. The van der Waals surface area contributed by atoms with Gasteiger partial charge in [0.2, 0.25) is 0 Å². The molecule has 0 aromatic carbocycles. The molecule has 116 valence electrons. The molecule has 0 saturated heterocycles. The normalized spacial score (nSPS) is 21.3. The van der Waals surface area contributed by atoms with Crippen LogP contribution in [-0.2, 0) is 0 Å². The lowest BCUT2D eigenvalue weighted by atomic mass is 10.1. The van der Waals surface area contributed by atoms with Crippen LogP contribution >= 0.6 is 11.8 Å². The van der Waals surface area contributed by atoms with E-state index in [9.17, 15) is 4.79 Å². The number of nitrogens with zero attached hydrogens (tertiary/aromatic N) is 1. The zero-order valence-electron chi connectivity index (χ0n) is 13.1. The third kappa shape index (κ3) is 4.37. The summed E-state index contributed by atoms with van der Waals surface area (Å²) in [5.41, 5.74) is 1.57. The number of hydrogen-bond donors (Lipinski definition) is 2. The Balaban J connectivity index is 2.06. The average Bonchev–Trinajstić information content (AvgIpc) is 2.91. The molecule has 0 spiro atoms. The van der Waals surface area contributed by atoms with E-state index < -0.39 is 0 Å². The summed E-state index contributed by atoms with van der Waals surface area (Å²) in [7, 11) is 0. The van der Waals surface area contributed by atoms with Crippen LogP contribution in [0.15, 0.2) is 12.1 Å². The Bertz CT molecular complexity index is 492. The summed E-state index contributed by atoms with van der Waals surface area (Å²) in [5, 5.41) is 6.99. The average molecular weight is 307 g/mol. The van der Waals surface area contributed by atoms with Crippen molar-refractivity contribution in [3.05, 3.63) is 23.4 Å². The van der Waals surface area contributed by atoms with Crippen molar-refractivity contribution < 1.29 is 4.79 Å². The van der Waals surface area contributed by atoms with Crippen molar-refractivity contribution in [2.45, 2.75) is 50.8 Å². The highest BCUT2D eigenvalue weighted by atomic mass is 32.2. The molecule has 1 aliphatic rings. The van der Waals surface area contributed by atoms with E-state index in [4.69, 9.17) is 0 Å². The standard InChI is InChI=1S/C16H25N3OS/c1-4-8-17-15-10-12(9-11(2)18-15)16(20)19-13-6-5-7-14(13)21-3/h9-10,13-14H,4-8H2,1-3H3,(H,17,18)(H,19,20). The summed E-state index contributed by atoms with van der Waals surface area (Å²) in [5.74, 6) is 0.806. The minimum absolute atomic E-state index is 0.0194. The van der Waals surface area contributed by atoms with Crippen LogP contribution < -0.4 is 10.6 Å².